The molecule has 0 fully saturated rings. The number of hydrazine groups is 1. The lowest BCUT2D eigenvalue weighted by Crippen LogP contribution is -2.30. The molecule has 0 aliphatic rings. The Morgan fingerprint density at radius 3 is 3.06 bits per heavy atom. The van der Waals surface area contributed by atoms with Crippen LogP contribution >= 0.6 is 11.3 Å². The van der Waals surface area contributed by atoms with Crippen LogP contribution in [0.15, 0.2) is 30.3 Å². The second kappa shape index (κ2) is 4.52. The average Bonchev–Trinajstić information content (AvgIpc) is 3.00. The van der Waals surface area contributed by atoms with E-state index in [1.165, 1.54) is 0 Å². The fraction of sp³-hybridized carbons (Fsp3) is 0.273. The Labute approximate surface area is 108 Å². The largest absolute Gasteiger partial charge is 0.340 e. The van der Waals surface area contributed by atoms with Crippen LogP contribution in [0.4, 0.5) is 0 Å². The minimum absolute atomic E-state index is 0.0178. The van der Waals surface area contributed by atoms with Gasteiger partial charge in [0.25, 0.3) is 0 Å². The van der Waals surface area contributed by atoms with Gasteiger partial charge in [0.1, 0.15) is 0 Å². The predicted octanol–water partition coefficient (Wildman–Crippen LogP) is 0.876. The van der Waals surface area contributed by atoms with Crippen LogP contribution in [0.5, 0.6) is 0 Å². The summed E-state index contributed by atoms with van der Waals surface area (Å²) < 4.78 is 3.93. The molecule has 7 heteroatoms. The summed E-state index contributed by atoms with van der Waals surface area (Å²) >= 11 is 1.62. The molecule has 3 aromatic rings. The van der Waals surface area contributed by atoms with Gasteiger partial charge in [-0.2, -0.15) is 0 Å². The number of thiazole rings is 1. The number of aromatic nitrogens is 4. The van der Waals surface area contributed by atoms with Crippen LogP contribution < -0.4 is 11.3 Å². The smallest absolute Gasteiger partial charge is 0.193 e. The Bertz CT molecular complexity index is 623. The summed E-state index contributed by atoms with van der Waals surface area (Å²) in [6.07, 6.45) is 8.48. The van der Waals surface area contributed by atoms with Crippen molar-refractivity contribution in [2.45, 2.75) is 12.5 Å². The molecule has 0 amide bonds. The van der Waals surface area contributed by atoms with Crippen molar-refractivity contribution >= 4 is 16.3 Å². The van der Waals surface area contributed by atoms with Crippen LogP contribution in [0.1, 0.15) is 17.4 Å². The van der Waals surface area contributed by atoms with E-state index in [1.54, 1.807) is 17.7 Å². The molecule has 0 radical (unpaired) electrons. The van der Waals surface area contributed by atoms with Crippen molar-refractivity contribution in [1.29, 1.82) is 0 Å². The van der Waals surface area contributed by atoms with Crippen LogP contribution in [0.25, 0.3) is 4.96 Å². The maximum Gasteiger partial charge on any atom is 0.193 e. The maximum atomic E-state index is 5.60. The molecule has 3 rings (SSSR count). The average molecular weight is 262 g/mol. The molecule has 6 nitrogen and oxygen atoms in total. The van der Waals surface area contributed by atoms with Gasteiger partial charge in [0, 0.05) is 37.4 Å². The highest BCUT2D eigenvalue weighted by Crippen LogP contribution is 2.18. The third kappa shape index (κ3) is 2.03. The summed E-state index contributed by atoms with van der Waals surface area (Å²) in [7, 11) is 1.94. The van der Waals surface area contributed by atoms with Crippen molar-refractivity contribution in [1.82, 2.24) is 24.4 Å². The number of nitrogens with two attached hydrogens (primary N) is 1. The van der Waals surface area contributed by atoms with Crippen molar-refractivity contribution in [3.63, 3.8) is 0 Å². The van der Waals surface area contributed by atoms with E-state index >= 15 is 0 Å². The number of imidazole rings is 2. The van der Waals surface area contributed by atoms with Gasteiger partial charge in [0.15, 0.2) is 4.96 Å². The molecular formula is C11H14N6S. The lowest BCUT2D eigenvalue weighted by atomic mass is 10.1. The molecule has 0 aliphatic heterocycles. The van der Waals surface area contributed by atoms with Crippen molar-refractivity contribution in [3.8, 4) is 0 Å². The summed E-state index contributed by atoms with van der Waals surface area (Å²) in [6.45, 7) is 0. The zero-order valence-corrected chi connectivity index (χ0v) is 10.8. The second-order valence-electron chi connectivity index (χ2n) is 4.21. The maximum absolute atomic E-state index is 5.60. The van der Waals surface area contributed by atoms with Crippen LogP contribution in [0, 0.1) is 0 Å². The first-order valence-corrected chi connectivity index (χ1v) is 6.49. The summed E-state index contributed by atoms with van der Waals surface area (Å²) in [6, 6.07) is -0.0178. The van der Waals surface area contributed by atoms with Gasteiger partial charge in [-0.25, -0.2) is 9.97 Å². The molecular weight excluding hydrogens is 248 g/mol. The van der Waals surface area contributed by atoms with Crippen molar-refractivity contribution in [2.75, 3.05) is 0 Å². The minimum Gasteiger partial charge on any atom is -0.340 e. The van der Waals surface area contributed by atoms with Gasteiger partial charge in [-0.1, -0.05) is 0 Å². The Balaban J connectivity index is 1.83. The van der Waals surface area contributed by atoms with Crippen LogP contribution in [-0.4, -0.2) is 18.9 Å². The topological polar surface area (TPSA) is 73.2 Å². The molecule has 1 unspecified atom stereocenters. The zero-order valence-electron chi connectivity index (χ0n) is 9.95. The van der Waals surface area contributed by atoms with Crippen LogP contribution in [0.2, 0.25) is 0 Å². The molecule has 0 spiro atoms. The summed E-state index contributed by atoms with van der Waals surface area (Å²) in [5.41, 5.74) is 4.73. The number of fused-ring (bicyclic) bond motifs is 1. The van der Waals surface area contributed by atoms with Crippen molar-refractivity contribution in [3.05, 3.63) is 41.7 Å². The first-order valence-electron chi connectivity index (χ1n) is 5.61. The number of rotatable bonds is 4. The molecule has 18 heavy (non-hydrogen) atoms. The number of nitrogens with one attached hydrogen (secondary N) is 1. The minimum atomic E-state index is -0.0178. The van der Waals surface area contributed by atoms with Crippen molar-refractivity contribution < 1.29 is 0 Å². The van der Waals surface area contributed by atoms with Gasteiger partial charge in [-0.3, -0.25) is 15.7 Å². The highest BCUT2D eigenvalue weighted by molar-refractivity contribution is 7.15. The Morgan fingerprint density at radius 2 is 2.39 bits per heavy atom. The van der Waals surface area contributed by atoms with Gasteiger partial charge in [0.05, 0.1) is 23.8 Å². The van der Waals surface area contributed by atoms with Gasteiger partial charge < -0.3 is 4.57 Å². The summed E-state index contributed by atoms with van der Waals surface area (Å²) in [5, 5.41) is 2.02. The molecule has 3 aromatic heterocycles. The second-order valence-corrected chi connectivity index (χ2v) is 5.09. The van der Waals surface area contributed by atoms with E-state index in [0.717, 1.165) is 22.8 Å². The van der Waals surface area contributed by atoms with E-state index in [9.17, 15) is 0 Å². The van der Waals surface area contributed by atoms with Gasteiger partial charge in [-0.15, -0.1) is 11.3 Å². The Kier molecular flexibility index (Phi) is 2.86. The number of nitrogens with zero attached hydrogens (tertiary/aromatic N) is 4. The molecule has 0 aromatic carbocycles. The summed E-state index contributed by atoms with van der Waals surface area (Å²) in [5.74, 6) is 5.60. The van der Waals surface area contributed by atoms with Gasteiger partial charge in [0.2, 0.25) is 0 Å². The molecule has 0 saturated heterocycles. The Hall–Kier alpha value is -1.70. The number of hydrogen-bond donors (Lipinski definition) is 2. The van der Waals surface area contributed by atoms with E-state index < -0.39 is 0 Å². The van der Waals surface area contributed by atoms with Gasteiger partial charge >= 0.3 is 0 Å². The third-order valence-corrected chi connectivity index (χ3v) is 3.61. The molecule has 1 atom stereocenters. The first-order chi connectivity index (χ1) is 8.76. The molecule has 94 valence electrons. The van der Waals surface area contributed by atoms with Crippen LogP contribution in [-0.2, 0) is 13.5 Å². The SMILES string of the molecule is Cn1cnc(C(Cc2cn3ccsc3n2)NN)c1. The summed E-state index contributed by atoms with van der Waals surface area (Å²) in [4.78, 5) is 9.86. The lowest BCUT2D eigenvalue weighted by molar-refractivity contribution is 0.535. The predicted molar refractivity (Wildman–Crippen MR) is 70.0 cm³/mol. The fourth-order valence-electron chi connectivity index (χ4n) is 1.95. The standard InChI is InChI=1S/C11H14N6S/c1-16-6-10(13-7-16)9(15-12)4-8-5-17-2-3-18-11(17)14-8/h2-3,5-7,9,15H,4,12H2,1H3. The van der Waals surface area contributed by atoms with E-state index in [-0.39, 0.29) is 6.04 Å². The highest BCUT2D eigenvalue weighted by atomic mass is 32.1. The number of hydrogen-bond acceptors (Lipinski definition) is 5. The quantitative estimate of drug-likeness (QED) is 0.540. The van der Waals surface area contributed by atoms with E-state index in [0.29, 0.717) is 0 Å². The van der Waals surface area contributed by atoms with E-state index in [1.807, 2.05) is 40.0 Å². The Morgan fingerprint density at radius 1 is 1.50 bits per heavy atom. The fourth-order valence-corrected chi connectivity index (χ4v) is 2.66. The molecule has 0 bridgehead atoms. The molecule has 0 saturated carbocycles. The zero-order chi connectivity index (χ0) is 12.5. The normalized spacial score (nSPS) is 13.2. The van der Waals surface area contributed by atoms with E-state index in [2.05, 4.69) is 15.4 Å². The molecule has 0 aliphatic carbocycles. The van der Waals surface area contributed by atoms with E-state index in [4.69, 9.17) is 5.84 Å². The number of aryl methyl sites for hydroxylation is 1. The highest BCUT2D eigenvalue weighted by Gasteiger charge is 2.15. The molecule has 3 heterocycles. The monoisotopic (exact) mass is 262 g/mol. The van der Waals surface area contributed by atoms with Gasteiger partial charge in [-0.05, 0) is 0 Å². The van der Waals surface area contributed by atoms with Crippen molar-refractivity contribution in [2.24, 2.45) is 12.9 Å². The third-order valence-electron chi connectivity index (χ3n) is 2.84. The lowest BCUT2D eigenvalue weighted by Gasteiger charge is -2.11. The van der Waals surface area contributed by atoms with Crippen LogP contribution in [0.3, 0.4) is 0 Å². The molecule has 3 N–H and O–H groups in total. The first kappa shape index (κ1) is 11.4.